The summed E-state index contributed by atoms with van der Waals surface area (Å²) in [6, 6.07) is 0. The summed E-state index contributed by atoms with van der Waals surface area (Å²) in [6.07, 6.45) is 2.19. The van der Waals surface area contributed by atoms with E-state index < -0.39 is 0 Å². The van der Waals surface area contributed by atoms with Gasteiger partial charge in [0.1, 0.15) is 6.61 Å². The van der Waals surface area contributed by atoms with E-state index in [0.29, 0.717) is 13.2 Å². The largest absolute Gasteiger partial charge is 0.468 e. The smallest absolute Gasteiger partial charge is 0.317 e. The molecule has 3 nitrogen and oxygen atoms in total. The first-order chi connectivity index (χ1) is 3.00. The molecule has 0 aliphatic carbocycles. The number of nitrogens with zero attached hydrogens (tertiary/aromatic N) is 1. The van der Waals surface area contributed by atoms with Gasteiger partial charge in [0, 0.05) is 0 Å². The Morgan fingerprint density at radius 2 is 2.50 bits per heavy atom. The second-order valence-corrected chi connectivity index (χ2v) is 0.864. The molecule has 0 N–H and O–H groups in total. The third kappa shape index (κ3) is 0.607. The van der Waals surface area contributed by atoms with E-state index in [0.717, 1.165) is 0 Å². The lowest BCUT2D eigenvalue weighted by Gasteiger charge is -2.00. The van der Waals surface area contributed by atoms with Crippen molar-refractivity contribution in [3.05, 3.63) is 0 Å². The maximum atomic E-state index is 4.53. The van der Waals surface area contributed by atoms with Crippen LogP contribution in [-0.4, -0.2) is 19.6 Å². The summed E-state index contributed by atoms with van der Waals surface area (Å²) in [7, 11) is 0. The number of hydrogen-bond acceptors (Lipinski definition) is 3. The van der Waals surface area contributed by atoms with Crippen LogP contribution >= 0.6 is 0 Å². The molecule has 0 atom stereocenters. The van der Waals surface area contributed by atoms with Crippen LogP contribution in [0.4, 0.5) is 0 Å². The minimum absolute atomic E-state index is 0.549. The molecule has 33 valence electrons. The summed E-state index contributed by atoms with van der Waals surface area (Å²) in [5.74, 6) is 0. The average molecular weight is 86.1 g/mol. The highest BCUT2D eigenvalue weighted by Crippen LogP contribution is 1.81. The van der Waals surface area contributed by atoms with Gasteiger partial charge in [-0.05, 0) is 5.16 Å². The van der Waals surface area contributed by atoms with Gasteiger partial charge in [-0.1, -0.05) is 0 Å². The summed E-state index contributed by atoms with van der Waals surface area (Å²) in [4.78, 5) is 4.46. The fourth-order valence-corrected chi connectivity index (χ4v) is 0.223. The Bertz CT molecular complexity index is 53.8. The Morgan fingerprint density at radius 3 is 2.67 bits per heavy atom. The summed E-state index contributed by atoms with van der Waals surface area (Å²) in [6.45, 7) is 1.12. The van der Waals surface area contributed by atoms with Gasteiger partial charge in [-0.3, -0.25) is 0 Å². The zero-order valence-corrected chi connectivity index (χ0v) is 3.18. The molecule has 6 heavy (non-hydrogen) atoms. The Hall–Kier alpha value is -0.730. The van der Waals surface area contributed by atoms with E-state index in [4.69, 9.17) is 0 Å². The Labute approximate surface area is 35.5 Å². The molecule has 0 fully saturated rings. The lowest BCUT2D eigenvalue weighted by Crippen LogP contribution is -2.04. The van der Waals surface area contributed by atoms with Crippen LogP contribution in [0.3, 0.4) is 0 Å². The van der Waals surface area contributed by atoms with Crippen LogP contribution in [0.25, 0.3) is 0 Å². The van der Waals surface area contributed by atoms with Gasteiger partial charge in [0.25, 0.3) is 0 Å². The normalized spacial score (nSPS) is 18.7. The molecule has 0 aromatic carbocycles. The SMILES string of the molecule is [C]1=NOCCO1. The minimum atomic E-state index is 0.549. The van der Waals surface area contributed by atoms with Gasteiger partial charge in [0.2, 0.25) is 0 Å². The van der Waals surface area contributed by atoms with Crippen molar-refractivity contribution in [2.24, 2.45) is 5.16 Å². The van der Waals surface area contributed by atoms with Crippen LogP contribution in [-0.2, 0) is 9.57 Å². The standard InChI is InChI=1S/C3H4NO2/c1-2-6-4-3-5-1/h1-2H2. The maximum Gasteiger partial charge on any atom is 0.317 e. The second kappa shape index (κ2) is 1.64. The molecule has 0 saturated carbocycles. The molecule has 0 saturated heterocycles. The predicted molar refractivity (Wildman–Crippen MR) is 19.3 cm³/mol. The third-order valence-corrected chi connectivity index (χ3v) is 0.443. The van der Waals surface area contributed by atoms with Crippen molar-refractivity contribution in [1.82, 2.24) is 0 Å². The average Bonchev–Trinajstić information content (AvgIpc) is 1.72. The van der Waals surface area contributed by atoms with E-state index >= 15 is 0 Å². The Balaban J connectivity index is 2.26. The van der Waals surface area contributed by atoms with Crippen LogP contribution < -0.4 is 0 Å². The first-order valence-electron chi connectivity index (χ1n) is 1.69. The first kappa shape index (κ1) is 3.46. The predicted octanol–water partition coefficient (Wildman–Crippen LogP) is -0.146. The molecule has 1 heterocycles. The molecule has 0 unspecified atom stereocenters. The van der Waals surface area contributed by atoms with Crippen molar-refractivity contribution in [3.63, 3.8) is 0 Å². The molecular weight excluding hydrogens is 82.0 g/mol. The number of ether oxygens (including phenoxy) is 1. The van der Waals surface area contributed by atoms with Crippen molar-refractivity contribution in [1.29, 1.82) is 0 Å². The van der Waals surface area contributed by atoms with Gasteiger partial charge < -0.3 is 9.57 Å². The molecule has 3 heteroatoms. The zero-order valence-electron chi connectivity index (χ0n) is 3.18. The summed E-state index contributed by atoms with van der Waals surface area (Å²) in [5, 5.41) is 3.20. The minimum Gasteiger partial charge on any atom is -0.468 e. The van der Waals surface area contributed by atoms with E-state index in [-0.39, 0.29) is 0 Å². The number of rotatable bonds is 0. The molecule has 0 spiro atoms. The van der Waals surface area contributed by atoms with E-state index in [1.54, 1.807) is 0 Å². The van der Waals surface area contributed by atoms with Crippen molar-refractivity contribution in [2.75, 3.05) is 13.2 Å². The molecule has 1 rings (SSSR count). The van der Waals surface area contributed by atoms with Crippen molar-refractivity contribution >= 4 is 6.40 Å². The molecule has 0 amide bonds. The molecule has 1 aliphatic heterocycles. The van der Waals surface area contributed by atoms with Crippen LogP contribution in [0.2, 0.25) is 0 Å². The second-order valence-electron chi connectivity index (χ2n) is 0.864. The van der Waals surface area contributed by atoms with Crippen molar-refractivity contribution < 1.29 is 9.57 Å². The van der Waals surface area contributed by atoms with Gasteiger partial charge in [-0.25, -0.2) is 0 Å². The lowest BCUT2D eigenvalue weighted by atomic mass is 10.8. The van der Waals surface area contributed by atoms with Gasteiger partial charge in [0.15, 0.2) is 6.61 Å². The van der Waals surface area contributed by atoms with Crippen molar-refractivity contribution in [3.8, 4) is 0 Å². The fraction of sp³-hybridized carbons (Fsp3) is 0.667. The Kier molecular flexibility index (Phi) is 0.948. The molecule has 1 aliphatic rings. The Morgan fingerprint density at radius 1 is 1.50 bits per heavy atom. The van der Waals surface area contributed by atoms with Gasteiger partial charge in [-0.15, -0.1) is 0 Å². The van der Waals surface area contributed by atoms with E-state index in [1.807, 2.05) is 0 Å². The van der Waals surface area contributed by atoms with Gasteiger partial charge in [-0.2, -0.15) is 0 Å². The van der Waals surface area contributed by atoms with Crippen LogP contribution in [0.1, 0.15) is 0 Å². The van der Waals surface area contributed by atoms with Crippen molar-refractivity contribution in [2.45, 2.75) is 0 Å². The highest BCUT2D eigenvalue weighted by Gasteiger charge is 1.89. The fourth-order valence-electron chi connectivity index (χ4n) is 0.223. The quantitative estimate of drug-likeness (QED) is 0.410. The van der Waals surface area contributed by atoms with E-state index in [2.05, 4.69) is 21.1 Å². The summed E-state index contributed by atoms with van der Waals surface area (Å²) in [5.41, 5.74) is 0. The molecule has 0 aromatic rings. The van der Waals surface area contributed by atoms with Gasteiger partial charge in [0.05, 0.1) is 0 Å². The number of hydrogen-bond donors (Lipinski definition) is 0. The molecule has 0 aromatic heterocycles. The third-order valence-electron chi connectivity index (χ3n) is 0.443. The van der Waals surface area contributed by atoms with E-state index in [1.165, 1.54) is 0 Å². The van der Waals surface area contributed by atoms with Gasteiger partial charge >= 0.3 is 6.40 Å². The monoisotopic (exact) mass is 86.0 g/mol. The highest BCUT2D eigenvalue weighted by atomic mass is 16.7. The maximum absolute atomic E-state index is 4.53. The zero-order chi connectivity index (χ0) is 4.24. The topological polar surface area (TPSA) is 30.8 Å². The van der Waals surface area contributed by atoms with Crippen LogP contribution in [0.5, 0.6) is 0 Å². The van der Waals surface area contributed by atoms with E-state index in [9.17, 15) is 0 Å². The van der Waals surface area contributed by atoms with Crippen LogP contribution in [0, 0.1) is 0 Å². The summed E-state index contributed by atoms with van der Waals surface area (Å²) >= 11 is 0. The van der Waals surface area contributed by atoms with Crippen LogP contribution in [0.15, 0.2) is 5.16 Å². The highest BCUT2D eigenvalue weighted by molar-refractivity contribution is 5.45. The molecule has 1 radical (unpaired) electrons. The molecular formula is C3H4NO2. The first-order valence-corrected chi connectivity index (χ1v) is 1.69. The summed E-state index contributed by atoms with van der Waals surface area (Å²) < 4.78 is 4.53. The lowest BCUT2D eigenvalue weighted by molar-refractivity contribution is 0.0719. The molecule has 0 bridgehead atoms.